The summed E-state index contributed by atoms with van der Waals surface area (Å²) in [6, 6.07) is 15.7. The summed E-state index contributed by atoms with van der Waals surface area (Å²) in [5.74, 6) is 0.794. The molecular formula is C19H19N3O2. The van der Waals surface area contributed by atoms with Crippen molar-refractivity contribution in [3.8, 4) is 11.4 Å². The Labute approximate surface area is 140 Å². The maximum atomic E-state index is 12.3. The molecule has 2 aromatic carbocycles. The predicted octanol–water partition coefficient (Wildman–Crippen LogP) is 3.60. The van der Waals surface area contributed by atoms with Crippen molar-refractivity contribution >= 4 is 22.6 Å². The number of fused-ring (bicyclic) bond motifs is 1. The number of benzene rings is 2. The lowest BCUT2D eigenvalue weighted by Gasteiger charge is -2.21. The third-order valence-electron chi connectivity index (χ3n) is 4.33. The minimum absolute atomic E-state index is 0.0249. The number of hydrogen-bond donors (Lipinski definition) is 2. The van der Waals surface area contributed by atoms with Crippen LogP contribution in [-0.2, 0) is 9.53 Å². The minimum Gasteiger partial charge on any atom is -0.381 e. The Morgan fingerprint density at radius 2 is 2.08 bits per heavy atom. The molecule has 0 aliphatic carbocycles. The number of ether oxygens (including phenoxy) is 1. The van der Waals surface area contributed by atoms with Crippen molar-refractivity contribution in [3.05, 3.63) is 48.5 Å². The molecule has 1 aliphatic rings. The number of aromatic nitrogens is 2. The second kappa shape index (κ2) is 6.45. The lowest BCUT2D eigenvalue weighted by molar-refractivity contribution is -0.123. The van der Waals surface area contributed by atoms with Gasteiger partial charge in [-0.05, 0) is 31.0 Å². The number of rotatable bonds is 3. The third kappa shape index (κ3) is 3.03. The van der Waals surface area contributed by atoms with Crippen LogP contribution < -0.4 is 5.32 Å². The zero-order valence-electron chi connectivity index (χ0n) is 13.3. The maximum Gasteiger partial charge on any atom is 0.229 e. The van der Waals surface area contributed by atoms with Gasteiger partial charge in [-0.2, -0.15) is 0 Å². The standard InChI is InChI=1S/C19H19N3O2/c23-19(14-7-4-10-24-12-14)20-15-8-9-16-17(11-15)22-18(21-16)13-5-2-1-3-6-13/h1-3,5-6,8-9,11,14H,4,7,10,12H2,(H,20,23)(H,21,22)/t14-/m0/s1. The van der Waals surface area contributed by atoms with Gasteiger partial charge < -0.3 is 15.0 Å². The van der Waals surface area contributed by atoms with Crippen LogP contribution in [-0.4, -0.2) is 29.1 Å². The van der Waals surface area contributed by atoms with Crippen molar-refractivity contribution in [2.75, 3.05) is 18.5 Å². The van der Waals surface area contributed by atoms with Gasteiger partial charge in [0, 0.05) is 17.9 Å². The summed E-state index contributed by atoms with van der Waals surface area (Å²) in [6.45, 7) is 1.27. The van der Waals surface area contributed by atoms with E-state index in [9.17, 15) is 4.79 Å². The average Bonchev–Trinajstić information content (AvgIpc) is 3.06. The highest BCUT2D eigenvalue weighted by molar-refractivity contribution is 5.95. The van der Waals surface area contributed by atoms with Crippen molar-refractivity contribution in [2.45, 2.75) is 12.8 Å². The molecule has 2 heterocycles. The van der Waals surface area contributed by atoms with Gasteiger partial charge in [0.1, 0.15) is 5.82 Å². The number of nitrogens with one attached hydrogen (secondary N) is 2. The Morgan fingerprint density at radius 1 is 1.21 bits per heavy atom. The number of nitrogens with zero attached hydrogens (tertiary/aromatic N) is 1. The second-order valence-electron chi connectivity index (χ2n) is 6.09. The highest BCUT2D eigenvalue weighted by Crippen LogP contribution is 2.23. The lowest BCUT2D eigenvalue weighted by Crippen LogP contribution is -2.30. The highest BCUT2D eigenvalue weighted by Gasteiger charge is 2.21. The van der Waals surface area contributed by atoms with Gasteiger partial charge in [0.2, 0.25) is 5.91 Å². The lowest BCUT2D eigenvalue weighted by atomic mass is 10.0. The van der Waals surface area contributed by atoms with Gasteiger partial charge in [-0.3, -0.25) is 4.79 Å². The van der Waals surface area contributed by atoms with Crippen molar-refractivity contribution in [1.82, 2.24) is 9.97 Å². The zero-order chi connectivity index (χ0) is 16.4. The molecule has 0 spiro atoms. The molecule has 0 radical (unpaired) electrons. The van der Waals surface area contributed by atoms with E-state index in [2.05, 4.69) is 15.3 Å². The molecule has 1 saturated heterocycles. The van der Waals surface area contributed by atoms with Gasteiger partial charge >= 0.3 is 0 Å². The van der Waals surface area contributed by atoms with Crippen LogP contribution in [0.3, 0.4) is 0 Å². The largest absolute Gasteiger partial charge is 0.381 e. The topological polar surface area (TPSA) is 67.0 Å². The van der Waals surface area contributed by atoms with E-state index >= 15 is 0 Å². The summed E-state index contributed by atoms with van der Waals surface area (Å²) in [5, 5.41) is 2.99. The molecule has 1 atom stereocenters. The first-order valence-corrected chi connectivity index (χ1v) is 8.23. The van der Waals surface area contributed by atoms with Gasteiger partial charge in [-0.15, -0.1) is 0 Å². The number of anilines is 1. The average molecular weight is 321 g/mol. The molecule has 1 amide bonds. The normalized spacial score (nSPS) is 17.8. The molecule has 5 heteroatoms. The molecule has 0 saturated carbocycles. The molecule has 5 nitrogen and oxygen atoms in total. The molecule has 1 fully saturated rings. The molecule has 0 bridgehead atoms. The molecule has 24 heavy (non-hydrogen) atoms. The Kier molecular flexibility index (Phi) is 4.01. The zero-order valence-corrected chi connectivity index (χ0v) is 13.3. The summed E-state index contributed by atoms with van der Waals surface area (Å²) in [7, 11) is 0. The molecule has 1 aliphatic heterocycles. The number of H-pyrrole nitrogens is 1. The summed E-state index contributed by atoms with van der Waals surface area (Å²) in [5.41, 5.74) is 3.61. The number of aromatic amines is 1. The summed E-state index contributed by atoms with van der Waals surface area (Å²) >= 11 is 0. The summed E-state index contributed by atoms with van der Waals surface area (Å²) in [4.78, 5) is 20.2. The van der Waals surface area contributed by atoms with E-state index in [1.54, 1.807) is 0 Å². The number of carbonyl (C=O) groups is 1. The fraction of sp³-hybridized carbons (Fsp3) is 0.263. The Morgan fingerprint density at radius 3 is 2.88 bits per heavy atom. The first-order chi connectivity index (χ1) is 11.8. The molecule has 2 N–H and O–H groups in total. The van der Waals surface area contributed by atoms with E-state index in [0.29, 0.717) is 6.61 Å². The summed E-state index contributed by atoms with van der Waals surface area (Å²) < 4.78 is 5.39. The third-order valence-corrected chi connectivity index (χ3v) is 4.33. The predicted molar refractivity (Wildman–Crippen MR) is 93.7 cm³/mol. The summed E-state index contributed by atoms with van der Waals surface area (Å²) in [6.07, 6.45) is 1.83. The number of carbonyl (C=O) groups excluding carboxylic acids is 1. The van der Waals surface area contributed by atoms with Crippen LogP contribution in [0, 0.1) is 5.92 Å². The van der Waals surface area contributed by atoms with Gasteiger partial charge in [-0.25, -0.2) is 4.98 Å². The monoisotopic (exact) mass is 321 g/mol. The van der Waals surface area contributed by atoms with Crippen LogP contribution in [0.4, 0.5) is 5.69 Å². The molecule has 1 aromatic heterocycles. The van der Waals surface area contributed by atoms with Crippen LogP contribution in [0.5, 0.6) is 0 Å². The van der Waals surface area contributed by atoms with Crippen LogP contribution in [0.15, 0.2) is 48.5 Å². The van der Waals surface area contributed by atoms with Gasteiger partial charge in [0.15, 0.2) is 0 Å². The Hall–Kier alpha value is -2.66. The van der Waals surface area contributed by atoms with Crippen LogP contribution >= 0.6 is 0 Å². The van der Waals surface area contributed by atoms with Crippen LogP contribution in [0.1, 0.15) is 12.8 Å². The fourth-order valence-electron chi connectivity index (χ4n) is 3.01. The SMILES string of the molecule is O=C(Nc1ccc2nc(-c3ccccc3)[nH]c2c1)[C@H]1CCCOC1. The van der Waals surface area contributed by atoms with E-state index in [1.807, 2.05) is 48.5 Å². The van der Waals surface area contributed by atoms with Crippen molar-refractivity contribution < 1.29 is 9.53 Å². The fourth-order valence-corrected chi connectivity index (χ4v) is 3.01. The van der Waals surface area contributed by atoms with Crippen LogP contribution in [0.2, 0.25) is 0 Å². The van der Waals surface area contributed by atoms with Gasteiger partial charge in [0.25, 0.3) is 0 Å². The number of amides is 1. The van der Waals surface area contributed by atoms with E-state index < -0.39 is 0 Å². The minimum atomic E-state index is -0.0592. The molecule has 4 rings (SSSR count). The number of imidazole rings is 1. The Balaban J connectivity index is 1.56. The molecule has 3 aromatic rings. The van der Waals surface area contributed by atoms with Gasteiger partial charge in [-0.1, -0.05) is 30.3 Å². The van der Waals surface area contributed by atoms with E-state index in [0.717, 1.165) is 47.6 Å². The van der Waals surface area contributed by atoms with E-state index in [1.165, 1.54) is 0 Å². The van der Waals surface area contributed by atoms with E-state index in [-0.39, 0.29) is 11.8 Å². The molecular weight excluding hydrogens is 302 g/mol. The highest BCUT2D eigenvalue weighted by atomic mass is 16.5. The van der Waals surface area contributed by atoms with Crippen molar-refractivity contribution in [3.63, 3.8) is 0 Å². The van der Waals surface area contributed by atoms with Crippen LogP contribution in [0.25, 0.3) is 22.4 Å². The smallest absolute Gasteiger partial charge is 0.229 e. The first kappa shape index (κ1) is 14.9. The van der Waals surface area contributed by atoms with Crippen molar-refractivity contribution in [2.24, 2.45) is 5.92 Å². The van der Waals surface area contributed by atoms with Gasteiger partial charge in [0.05, 0.1) is 23.6 Å². The quantitative estimate of drug-likeness (QED) is 0.774. The first-order valence-electron chi connectivity index (χ1n) is 8.23. The number of hydrogen-bond acceptors (Lipinski definition) is 3. The second-order valence-corrected chi connectivity index (χ2v) is 6.09. The molecule has 0 unspecified atom stereocenters. The molecule has 122 valence electrons. The van der Waals surface area contributed by atoms with Crippen molar-refractivity contribution in [1.29, 1.82) is 0 Å². The Bertz CT molecular complexity index is 851. The van der Waals surface area contributed by atoms with E-state index in [4.69, 9.17) is 4.74 Å². The maximum absolute atomic E-state index is 12.3.